The third-order valence-electron chi connectivity index (χ3n) is 4.07. The number of nitrogens with two attached hydrogens (primary N) is 1. The molecule has 1 fully saturated rings. The molecule has 1 amide bonds. The average molecular weight is 278 g/mol. The van der Waals surface area contributed by atoms with Crippen molar-refractivity contribution >= 4 is 5.91 Å². The van der Waals surface area contributed by atoms with Crippen LogP contribution in [0, 0.1) is 5.92 Å². The zero-order valence-electron chi connectivity index (χ0n) is 12.6. The average Bonchev–Trinajstić information content (AvgIpc) is 2.98. The van der Waals surface area contributed by atoms with Crippen LogP contribution in [0.1, 0.15) is 56.5 Å². The molecule has 1 aromatic heterocycles. The van der Waals surface area contributed by atoms with E-state index in [1.54, 1.807) is 4.90 Å². The molecule has 0 bridgehead atoms. The standard InChI is InChI=1S/C16H26N2O2/c1-12-10-14(12)15-8-7-13(20-15)11-18(2)16(19)6-4-3-5-9-17/h7-8,12,14H,3-6,9-11,17H2,1-2H3. The minimum atomic E-state index is 0.180. The van der Waals surface area contributed by atoms with Crippen molar-refractivity contribution in [3.8, 4) is 0 Å². The summed E-state index contributed by atoms with van der Waals surface area (Å²) < 4.78 is 5.83. The van der Waals surface area contributed by atoms with E-state index in [4.69, 9.17) is 10.2 Å². The van der Waals surface area contributed by atoms with E-state index in [9.17, 15) is 4.79 Å². The molecule has 112 valence electrons. The fourth-order valence-corrected chi connectivity index (χ4v) is 2.51. The van der Waals surface area contributed by atoms with E-state index in [0.29, 0.717) is 25.4 Å². The Kier molecular flexibility index (Phi) is 5.24. The lowest BCUT2D eigenvalue weighted by Crippen LogP contribution is -2.25. The van der Waals surface area contributed by atoms with Crippen LogP contribution in [0.15, 0.2) is 16.5 Å². The van der Waals surface area contributed by atoms with E-state index >= 15 is 0 Å². The molecule has 0 aliphatic heterocycles. The molecule has 2 N–H and O–H groups in total. The van der Waals surface area contributed by atoms with Gasteiger partial charge in [-0.15, -0.1) is 0 Å². The predicted molar refractivity (Wildman–Crippen MR) is 79.2 cm³/mol. The maximum absolute atomic E-state index is 12.0. The molecule has 4 heteroatoms. The van der Waals surface area contributed by atoms with Crippen molar-refractivity contribution in [3.63, 3.8) is 0 Å². The summed E-state index contributed by atoms with van der Waals surface area (Å²) in [6.45, 7) is 3.51. The van der Waals surface area contributed by atoms with Crippen LogP contribution in [0.25, 0.3) is 0 Å². The van der Waals surface area contributed by atoms with Crippen LogP contribution in [-0.4, -0.2) is 24.4 Å². The first-order valence-corrected chi connectivity index (χ1v) is 7.64. The summed E-state index contributed by atoms with van der Waals surface area (Å²) >= 11 is 0. The molecule has 4 nitrogen and oxygen atoms in total. The number of hydrogen-bond acceptors (Lipinski definition) is 3. The fraction of sp³-hybridized carbons (Fsp3) is 0.688. The molecule has 1 aliphatic rings. The second-order valence-corrected chi connectivity index (χ2v) is 5.97. The van der Waals surface area contributed by atoms with Gasteiger partial charge in [-0.2, -0.15) is 0 Å². The molecule has 2 unspecified atom stereocenters. The lowest BCUT2D eigenvalue weighted by atomic mass is 10.2. The first-order chi connectivity index (χ1) is 9.61. The van der Waals surface area contributed by atoms with Crippen LogP contribution >= 0.6 is 0 Å². The van der Waals surface area contributed by atoms with Crippen LogP contribution in [0.3, 0.4) is 0 Å². The van der Waals surface area contributed by atoms with Crippen LogP contribution in [-0.2, 0) is 11.3 Å². The lowest BCUT2D eigenvalue weighted by Gasteiger charge is -2.15. The number of hydrogen-bond donors (Lipinski definition) is 1. The summed E-state index contributed by atoms with van der Waals surface area (Å²) in [7, 11) is 1.84. The number of unbranched alkanes of at least 4 members (excludes halogenated alkanes) is 2. The van der Waals surface area contributed by atoms with Gasteiger partial charge in [0.25, 0.3) is 0 Å². The van der Waals surface area contributed by atoms with E-state index in [-0.39, 0.29) is 5.91 Å². The molecule has 0 saturated heterocycles. The van der Waals surface area contributed by atoms with Gasteiger partial charge in [-0.05, 0) is 43.9 Å². The van der Waals surface area contributed by atoms with Crippen LogP contribution < -0.4 is 5.73 Å². The van der Waals surface area contributed by atoms with Gasteiger partial charge < -0.3 is 15.1 Å². The van der Waals surface area contributed by atoms with E-state index in [0.717, 1.165) is 36.7 Å². The summed E-state index contributed by atoms with van der Waals surface area (Å²) in [5, 5.41) is 0. The van der Waals surface area contributed by atoms with E-state index in [1.165, 1.54) is 6.42 Å². The normalized spacial score (nSPS) is 20.9. The molecule has 1 heterocycles. The Balaban J connectivity index is 1.74. The maximum atomic E-state index is 12.0. The fourth-order valence-electron chi connectivity index (χ4n) is 2.51. The Labute approximate surface area is 121 Å². The Morgan fingerprint density at radius 2 is 2.15 bits per heavy atom. The number of rotatable bonds is 8. The Bertz CT molecular complexity index is 441. The summed E-state index contributed by atoms with van der Waals surface area (Å²) in [5.74, 6) is 3.49. The minimum absolute atomic E-state index is 0.180. The van der Waals surface area contributed by atoms with Gasteiger partial charge in [0.1, 0.15) is 11.5 Å². The Morgan fingerprint density at radius 1 is 1.40 bits per heavy atom. The van der Waals surface area contributed by atoms with Gasteiger partial charge in [0, 0.05) is 19.4 Å². The highest BCUT2D eigenvalue weighted by atomic mass is 16.3. The SMILES string of the molecule is CC1CC1c1ccc(CN(C)C(=O)CCCCCN)o1. The first-order valence-electron chi connectivity index (χ1n) is 7.64. The number of carbonyl (C=O) groups is 1. The maximum Gasteiger partial charge on any atom is 0.222 e. The lowest BCUT2D eigenvalue weighted by molar-refractivity contribution is -0.130. The second kappa shape index (κ2) is 6.93. The van der Waals surface area contributed by atoms with Crippen LogP contribution in [0.2, 0.25) is 0 Å². The smallest absolute Gasteiger partial charge is 0.222 e. The third-order valence-corrected chi connectivity index (χ3v) is 4.07. The predicted octanol–water partition coefficient (Wildman–Crippen LogP) is 2.88. The van der Waals surface area contributed by atoms with E-state index in [2.05, 4.69) is 13.0 Å². The molecule has 1 aromatic rings. The summed E-state index contributed by atoms with van der Waals surface area (Å²) in [6, 6.07) is 4.06. The Hall–Kier alpha value is -1.29. The quantitative estimate of drug-likeness (QED) is 0.744. The molecule has 0 aromatic carbocycles. The van der Waals surface area contributed by atoms with Gasteiger partial charge in [-0.25, -0.2) is 0 Å². The minimum Gasteiger partial charge on any atom is -0.464 e. The highest BCUT2D eigenvalue weighted by Crippen LogP contribution is 2.47. The molecular weight excluding hydrogens is 252 g/mol. The van der Waals surface area contributed by atoms with Crippen LogP contribution in [0.5, 0.6) is 0 Å². The summed E-state index contributed by atoms with van der Waals surface area (Å²) in [5.41, 5.74) is 5.44. The topological polar surface area (TPSA) is 59.5 Å². The van der Waals surface area contributed by atoms with Gasteiger partial charge in [0.2, 0.25) is 5.91 Å². The molecule has 20 heavy (non-hydrogen) atoms. The molecular formula is C16H26N2O2. The summed E-state index contributed by atoms with van der Waals surface area (Å²) in [6.07, 6.45) is 4.77. The number of carbonyl (C=O) groups excluding carboxylic acids is 1. The van der Waals surface area contributed by atoms with Crippen molar-refractivity contribution in [2.24, 2.45) is 11.7 Å². The second-order valence-electron chi connectivity index (χ2n) is 5.97. The number of amides is 1. The van der Waals surface area contributed by atoms with Crippen molar-refractivity contribution < 1.29 is 9.21 Å². The van der Waals surface area contributed by atoms with E-state index < -0.39 is 0 Å². The number of nitrogens with zero attached hydrogens (tertiary/aromatic N) is 1. The third kappa shape index (κ3) is 4.10. The highest BCUT2D eigenvalue weighted by Gasteiger charge is 2.36. The first kappa shape index (κ1) is 15.1. The van der Waals surface area contributed by atoms with Crippen LogP contribution in [0.4, 0.5) is 0 Å². The molecule has 1 aliphatic carbocycles. The molecule has 1 saturated carbocycles. The molecule has 0 spiro atoms. The van der Waals surface area contributed by atoms with Crippen molar-refractivity contribution in [2.75, 3.05) is 13.6 Å². The van der Waals surface area contributed by atoms with Gasteiger partial charge in [-0.1, -0.05) is 13.3 Å². The molecule has 0 radical (unpaired) electrons. The van der Waals surface area contributed by atoms with Gasteiger partial charge >= 0.3 is 0 Å². The van der Waals surface area contributed by atoms with Gasteiger partial charge in [0.15, 0.2) is 0 Å². The summed E-state index contributed by atoms with van der Waals surface area (Å²) in [4.78, 5) is 13.7. The zero-order valence-corrected chi connectivity index (χ0v) is 12.6. The number of furan rings is 1. The van der Waals surface area contributed by atoms with Crippen molar-refractivity contribution in [2.45, 2.75) is 51.5 Å². The zero-order chi connectivity index (χ0) is 14.5. The van der Waals surface area contributed by atoms with Gasteiger partial charge in [-0.3, -0.25) is 4.79 Å². The molecule has 2 atom stereocenters. The van der Waals surface area contributed by atoms with Gasteiger partial charge in [0.05, 0.1) is 6.54 Å². The van der Waals surface area contributed by atoms with Crippen molar-refractivity contribution in [1.29, 1.82) is 0 Å². The van der Waals surface area contributed by atoms with Crippen molar-refractivity contribution in [1.82, 2.24) is 4.90 Å². The van der Waals surface area contributed by atoms with E-state index in [1.807, 2.05) is 13.1 Å². The molecule has 2 rings (SSSR count). The van der Waals surface area contributed by atoms with Crippen molar-refractivity contribution in [3.05, 3.63) is 23.7 Å². The monoisotopic (exact) mass is 278 g/mol. The Morgan fingerprint density at radius 3 is 2.80 bits per heavy atom. The largest absolute Gasteiger partial charge is 0.464 e. The highest BCUT2D eigenvalue weighted by molar-refractivity contribution is 5.75.